The van der Waals surface area contributed by atoms with E-state index in [2.05, 4.69) is 0 Å². The molecule has 0 aromatic carbocycles. The fourth-order valence-electron chi connectivity index (χ4n) is 1.55. The van der Waals surface area contributed by atoms with Crippen LogP contribution < -0.4 is 0 Å². The highest BCUT2D eigenvalue weighted by Crippen LogP contribution is 2.21. The minimum absolute atomic E-state index is 0.402. The van der Waals surface area contributed by atoms with E-state index < -0.39 is 37.3 Å². The molecule has 1 heterocycles. The third kappa shape index (κ3) is 3.13. The second-order valence-electron chi connectivity index (χ2n) is 3.92. The lowest BCUT2D eigenvalue weighted by Crippen LogP contribution is -2.59. The Bertz CT molecular complexity index is 198. The van der Waals surface area contributed by atoms with Crippen molar-refractivity contribution in [1.29, 1.82) is 0 Å². The van der Waals surface area contributed by atoms with Gasteiger partial charge in [-0.15, -0.1) is 0 Å². The predicted octanol–water partition coefficient (Wildman–Crippen LogP) is -1.40. The Labute approximate surface area is 94.4 Å². The molecular formula is C10H20O6. The number of hydrogen-bond acceptors (Lipinski definition) is 6. The molecule has 96 valence electrons. The predicted molar refractivity (Wildman–Crippen MR) is 54.6 cm³/mol. The maximum Gasteiger partial charge on any atom is 0.186 e. The van der Waals surface area contributed by atoms with Gasteiger partial charge in [-0.3, -0.25) is 0 Å². The maximum atomic E-state index is 9.58. The molecule has 5 atom stereocenters. The van der Waals surface area contributed by atoms with Crippen LogP contribution in [0.4, 0.5) is 0 Å². The molecule has 4 N–H and O–H groups in total. The van der Waals surface area contributed by atoms with Gasteiger partial charge in [-0.25, -0.2) is 0 Å². The molecule has 1 fully saturated rings. The van der Waals surface area contributed by atoms with E-state index in [0.717, 1.165) is 12.8 Å². The maximum absolute atomic E-state index is 9.58. The molecule has 0 aromatic rings. The third-order valence-electron chi connectivity index (χ3n) is 2.63. The molecule has 1 rings (SSSR count). The quantitative estimate of drug-likeness (QED) is 0.438. The molecule has 1 saturated heterocycles. The van der Waals surface area contributed by atoms with Gasteiger partial charge in [0.2, 0.25) is 0 Å². The van der Waals surface area contributed by atoms with Crippen LogP contribution in [-0.4, -0.2) is 64.3 Å². The highest BCUT2D eigenvalue weighted by atomic mass is 16.7. The van der Waals surface area contributed by atoms with Gasteiger partial charge >= 0.3 is 0 Å². The lowest BCUT2D eigenvalue weighted by atomic mass is 9.99. The number of ether oxygens (including phenoxy) is 2. The van der Waals surface area contributed by atoms with Crippen LogP contribution in [0.3, 0.4) is 0 Å². The van der Waals surface area contributed by atoms with Gasteiger partial charge in [0, 0.05) is 6.61 Å². The Morgan fingerprint density at radius 3 is 2.38 bits per heavy atom. The largest absolute Gasteiger partial charge is 0.394 e. The summed E-state index contributed by atoms with van der Waals surface area (Å²) in [7, 11) is 0. The Hall–Kier alpha value is -0.240. The number of aliphatic hydroxyl groups is 4. The Kier molecular flexibility index (Phi) is 5.60. The Balaban J connectivity index is 2.50. The fourth-order valence-corrected chi connectivity index (χ4v) is 1.55. The van der Waals surface area contributed by atoms with Crippen molar-refractivity contribution in [3.63, 3.8) is 0 Å². The van der Waals surface area contributed by atoms with Crippen LogP contribution in [0.2, 0.25) is 0 Å². The first-order chi connectivity index (χ1) is 7.61. The monoisotopic (exact) mass is 236 g/mol. The number of rotatable bonds is 5. The van der Waals surface area contributed by atoms with Crippen molar-refractivity contribution in [2.45, 2.75) is 50.5 Å². The zero-order valence-corrected chi connectivity index (χ0v) is 9.32. The second-order valence-corrected chi connectivity index (χ2v) is 3.92. The van der Waals surface area contributed by atoms with Crippen LogP contribution in [0.15, 0.2) is 0 Å². The molecule has 1 aliphatic rings. The zero-order valence-electron chi connectivity index (χ0n) is 9.32. The summed E-state index contributed by atoms with van der Waals surface area (Å²) in [6.45, 7) is 1.97. The highest BCUT2D eigenvalue weighted by Gasteiger charge is 2.43. The SMILES string of the molecule is CCCCO[C@H]1O[C@@H](CO)[C@H](O)[C@@H](O)[C@@H]1O. The summed E-state index contributed by atoms with van der Waals surface area (Å²) in [4.78, 5) is 0. The summed E-state index contributed by atoms with van der Waals surface area (Å²) in [5, 5.41) is 37.5. The highest BCUT2D eigenvalue weighted by molar-refractivity contribution is 4.88. The van der Waals surface area contributed by atoms with E-state index in [1.165, 1.54) is 0 Å². The van der Waals surface area contributed by atoms with Crippen LogP contribution in [0.25, 0.3) is 0 Å². The molecular weight excluding hydrogens is 216 g/mol. The molecule has 0 unspecified atom stereocenters. The fraction of sp³-hybridized carbons (Fsp3) is 1.00. The van der Waals surface area contributed by atoms with Gasteiger partial charge in [-0.1, -0.05) is 13.3 Å². The molecule has 0 amide bonds. The molecule has 0 radical (unpaired) electrons. The van der Waals surface area contributed by atoms with E-state index in [1.807, 2.05) is 6.92 Å². The first-order valence-electron chi connectivity index (χ1n) is 5.54. The van der Waals surface area contributed by atoms with Gasteiger partial charge in [-0.05, 0) is 6.42 Å². The van der Waals surface area contributed by atoms with Gasteiger partial charge in [0.25, 0.3) is 0 Å². The molecule has 16 heavy (non-hydrogen) atoms. The topological polar surface area (TPSA) is 99.4 Å². The molecule has 0 aliphatic carbocycles. The summed E-state index contributed by atoms with van der Waals surface area (Å²) in [6, 6.07) is 0. The minimum Gasteiger partial charge on any atom is -0.394 e. The smallest absolute Gasteiger partial charge is 0.186 e. The lowest BCUT2D eigenvalue weighted by molar-refractivity contribution is -0.301. The van der Waals surface area contributed by atoms with Crippen molar-refractivity contribution in [2.24, 2.45) is 0 Å². The zero-order chi connectivity index (χ0) is 12.1. The average Bonchev–Trinajstić information content (AvgIpc) is 2.29. The summed E-state index contributed by atoms with van der Waals surface area (Å²) in [5.74, 6) is 0. The van der Waals surface area contributed by atoms with Crippen molar-refractivity contribution in [1.82, 2.24) is 0 Å². The van der Waals surface area contributed by atoms with Gasteiger partial charge in [0.15, 0.2) is 6.29 Å². The molecule has 0 bridgehead atoms. The Morgan fingerprint density at radius 1 is 1.12 bits per heavy atom. The Morgan fingerprint density at radius 2 is 1.81 bits per heavy atom. The van der Waals surface area contributed by atoms with Crippen molar-refractivity contribution in [3.8, 4) is 0 Å². The van der Waals surface area contributed by atoms with E-state index in [9.17, 15) is 15.3 Å². The lowest BCUT2D eigenvalue weighted by Gasteiger charge is -2.39. The van der Waals surface area contributed by atoms with Crippen molar-refractivity contribution < 1.29 is 29.9 Å². The van der Waals surface area contributed by atoms with E-state index >= 15 is 0 Å². The minimum atomic E-state index is -1.36. The van der Waals surface area contributed by atoms with Crippen LogP contribution in [0.5, 0.6) is 0 Å². The third-order valence-corrected chi connectivity index (χ3v) is 2.63. The summed E-state index contributed by atoms with van der Waals surface area (Å²) in [5.41, 5.74) is 0. The summed E-state index contributed by atoms with van der Waals surface area (Å²) < 4.78 is 10.4. The van der Waals surface area contributed by atoms with E-state index in [1.54, 1.807) is 0 Å². The number of unbranched alkanes of at least 4 members (excludes halogenated alkanes) is 1. The molecule has 6 nitrogen and oxygen atoms in total. The number of hydrogen-bond donors (Lipinski definition) is 4. The molecule has 1 aliphatic heterocycles. The van der Waals surface area contributed by atoms with Gasteiger partial charge < -0.3 is 29.9 Å². The van der Waals surface area contributed by atoms with E-state index in [0.29, 0.717) is 6.61 Å². The van der Waals surface area contributed by atoms with Crippen LogP contribution in [-0.2, 0) is 9.47 Å². The standard InChI is InChI=1S/C10H20O6/c1-2-3-4-15-10-9(14)8(13)7(12)6(5-11)16-10/h6-14H,2-5H2,1H3/t6-,7-,8+,9-,10-/m0/s1. The van der Waals surface area contributed by atoms with Crippen LogP contribution in [0, 0.1) is 0 Å². The molecule has 6 heteroatoms. The van der Waals surface area contributed by atoms with E-state index in [-0.39, 0.29) is 0 Å². The normalized spacial score (nSPS) is 39.9. The first kappa shape index (κ1) is 13.8. The second kappa shape index (κ2) is 6.48. The van der Waals surface area contributed by atoms with Crippen LogP contribution >= 0.6 is 0 Å². The van der Waals surface area contributed by atoms with Crippen molar-refractivity contribution in [3.05, 3.63) is 0 Å². The summed E-state index contributed by atoms with van der Waals surface area (Å²) >= 11 is 0. The molecule has 0 spiro atoms. The summed E-state index contributed by atoms with van der Waals surface area (Å²) in [6.07, 6.45) is -4.13. The van der Waals surface area contributed by atoms with Crippen LogP contribution in [0.1, 0.15) is 19.8 Å². The number of aliphatic hydroxyl groups excluding tert-OH is 4. The molecule has 0 aromatic heterocycles. The molecule has 0 saturated carbocycles. The van der Waals surface area contributed by atoms with Crippen molar-refractivity contribution in [2.75, 3.05) is 13.2 Å². The van der Waals surface area contributed by atoms with Gasteiger partial charge in [0.1, 0.15) is 24.4 Å². The van der Waals surface area contributed by atoms with Gasteiger partial charge in [-0.2, -0.15) is 0 Å². The van der Waals surface area contributed by atoms with Gasteiger partial charge in [0.05, 0.1) is 6.61 Å². The average molecular weight is 236 g/mol. The van der Waals surface area contributed by atoms with Crippen molar-refractivity contribution >= 4 is 0 Å². The van der Waals surface area contributed by atoms with E-state index in [4.69, 9.17) is 14.6 Å². The first-order valence-corrected chi connectivity index (χ1v) is 5.54.